The Morgan fingerprint density at radius 1 is 0.694 bits per heavy atom. The number of sulfonamides is 1. The Labute approximate surface area is 213 Å². The van der Waals surface area contributed by atoms with Crippen molar-refractivity contribution in [2.24, 2.45) is 0 Å². The standard InChI is InChI=1S/C28H21N3O3S2/c32-27(22-16-18-23(19-17-22)31-36(33,34)24-14-8-3-9-15-24)30-28-29-25(20-10-4-1-5-11-20)26(35-28)21-12-6-2-7-13-21/h1-19,31H,(H,29,30,32). The fourth-order valence-electron chi connectivity index (χ4n) is 3.62. The van der Waals surface area contributed by atoms with Crippen molar-refractivity contribution in [3.63, 3.8) is 0 Å². The minimum absolute atomic E-state index is 0.166. The number of nitrogens with one attached hydrogen (secondary N) is 2. The molecule has 0 spiro atoms. The lowest BCUT2D eigenvalue weighted by atomic mass is 10.1. The molecule has 1 amide bonds. The first-order valence-electron chi connectivity index (χ1n) is 11.1. The zero-order valence-corrected chi connectivity index (χ0v) is 20.6. The van der Waals surface area contributed by atoms with Gasteiger partial charge in [0.05, 0.1) is 15.5 Å². The smallest absolute Gasteiger partial charge is 0.261 e. The van der Waals surface area contributed by atoms with Crippen LogP contribution in [0.25, 0.3) is 21.7 Å². The lowest BCUT2D eigenvalue weighted by Gasteiger charge is -2.08. The van der Waals surface area contributed by atoms with Gasteiger partial charge in [-0.2, -0.15) is 0 Å². The van der Waals surface area contributed by atoms with E-state index in [-0.39, 0.29) is 10.8 Å². The maximum atomic E-state index is 12.9. The maximum Gasteiger partial charge on any atom is 0.261 e. The van der Waals surface area contributed by atoms with E-state index in [1.807, 2.05) is 60.7 Å². The summed E-state index contributed by atoms with van der Waals surface area (Å²) in [6, 6.07) is 34.1. The molecule has 0 atom stereocenters. The van der Waals surface area contributed by atoms with E-state index in [1.165, 1.54) is 23.5 Å². The molecule has 36 heavy (non-hydrogen) atoms. The number of rotatable bonds is 7. The Balaban J connectivity index is 1.36. The summed E-state index contributed by atoms with van der Waals surface area (Å²) in [6.45, 7) is 0. The third kappa shape index (κ3) is 5.19. The molecule has 2 N–H and O–H groups in total. The number of nitrogens with zero attached hydrogens (tertiary/aromatic N) is 1. The van der Waals surface area contributed by atoms with E-state index in [2.05, 4.69) is 10.0 Å². The number of anilines is 2. The van der Waals surface area contributed by atoms with E-state index < -0.39 is 10.0 Å². The van der Waals surface area contributed by atoms with Gasteiger partial charge in [0.2, 0.25) is 0 Å². The van der Waals surface area contributed by atoms with E-state index in [1.54, 1.807) is 42.5 Å². The molecule has 0 saturated heterocycles. The predicted molar refractivity (Wildman–Crippen MR) is 145 cm³/mol. The lowest BCUT2D eigenvalue weighted by Crippen LogP contribution is -2.14. The van der Waals surface area contributed by atoms with Crippen LogP contribution >= 0.6 is 11.3 Å². The van der Waals surface area contributed by atoms with Gasteiger partial charge < -0.3 is 0 Å². The zero-order valence-electron chi connectivity index (χ0n) is 19.0. The van der Waals surface area contributed by atoms with Crippen molar-refractivity contribution >= 4 is 38.1 Å². The van der Waals surface area contributed by atoms with Gasteiger partial charge in [0, 0.05) is 16.8 Å². The van der Waals surface area contributed by atoms with Gasteiger partial charge in [0.1, 0.15) is 0 Å². The third-order valence-corrected chi connectivity index (χ3v) is 7.80. The summed E-state index contributed by atoms with van der Waals surface area (Å²) in [4.78, 5) is 18.8. The van der Waals surface area contributed by atoms with Crippen LogP contribution in [-0.2, 0) is 10.0 Å². The van der Waals surface area contributed by atoms with Gasteiger partial charge in [-0.3, -0.25) is 14.8 Å². The molecular formula is C28H21N3O3S2. The zero-order chi connectivity index (χ0) is 25.0. The Morgan fingerprint density at radius 2 is 1.25 bits per heavy atom. The molecule has 0 aliphatic carbocycles. The number of carbonyl (C=O) groups is 1. The van der Waals surface area contributed by atoms with Crippen molar-refractivity contribution in [3.05, 3.63) is 121 Å². The average molecular weight is 512 g/mol. The molecule has 0 saturated carbocycles. The molecule has 0 unspecified atom stereocenters. The van der Waals surface area contributed by atoms with E-state index in [0.29, 0.717) is 16.4 Å². The van der Waals surface area contributed by atoms with Gasteiger partial charge in [-0.1, -0.05) is 90.2 Å². The molecule has 1 heterocycles. The van der Waals surface area contributed by atoms with Gasteiger partial charge in [-0.15, -0.1) is 0 Å². The fourth-order valence-corrected chi connectivity index (χ4v) is 5.69. The SMILES string of the molecule is O=C(Nc1nc(-c2ccccc2)c(-c2ccccc2)s1)c1ccc(NS(=O)(=O)c2ccccc2)cc1. The highest BCUT2D eigenvalue weighted by Gasteiger charge is 2.18. The lowest BCUT2D eigenvalue weighted by molar-refractivity contribution is 0.102. The van der Waals surface area contributed by atoms with Gasteiger partial charge in [0.15, 0.2) is 5.13 Å². The Bertz CT molecular complexity index is 1530. The first kappa shape index (κ1) is 23.5. The maximum absolute atomic E-state index is 12.9. The van der Waals surface area contributed by atoms with Gasteiger partial charge in [0.25, 0.3) is 15.9 Å². The molecule has 5 rings (SSSR count). The van der Waals surface area contributed by atoms with Crippen molar-refractivity contribution < 1.29 is 13.2 Å². The van der Waals surface area contributed by atoms with Crippen molar-refractivity contribution in [3.8, 4) is 21.7 Å². The van der Waals surface area contributed by atoms with Gasteiger partial charge in [-0.05, 0) is 42.0 Å². The molecule has 0 aliphatic rings. The number of benzene rings is 4. The Kier molecular flexibility index (Phi) is 6.62. The van der Waals surface area contributed by atoms with Crippen LogP contribution in [0.3, 0.4) is 0 Å². The first-order chi connectivity index (χ1) is 17.5. The number of amides is 1. The summed E-state index contributed by atoms with van der Waals surface area (Å²) in [6.07, 6.45) is 0. The molecule has 0 bridgehead atoms. The molecule has 1 aromatic heterocycles. The van der Waals surface area contributed by atoms with Crippen LogP contribution in [0.4, 0.5) is 10.8 Å². The van der Waals surface area contributed by atoms with Crippen LogP contribution < -0.4 is 10.0 Å². The van der Waals surface area contributed by atoms with E-state index >= 15 is 0 Å². The van der Waals surface area contributed by atoms with E-state index in [0.717, 1.165) is 21.7 Å². The van der Waals surface area contributed by atoms with Crippen LogP contribution in [0.2, 0.25) is 0 Å². The fraction of sp³-hybridized carbons (Fsp3) is 0. The summed E-state index contributed by atoms with van der Waals surface area (Å²) >= 11 is 1.40. The van der Waals surface area contributed by atoms with E-state index in [4.69, 9.17) is 4.98 Å². The minimum Gasteiger partial charge on any atom is -0.298 e. The molecule has 6 nitrogen and oxygen atoms in total. The van der Waals surface area contributed by atoms with Gasteiger partial charge in [-0.25, -0.2) is 13.4 Å². The number of aromatic nitrogens is 1. The second-order valence-corrected chi connectivity index (χ2v) is 10.6. The molecular weight excluding hydrogens is 490 g/mol. The van der Waals surface area contributed by atoms with Crippen molar-refractivity contribution in [2.75, 3.05) is 10.0 Å². The summed E-state index contributed by atoms with van der Waals surface area (Å²) < 4.78 is 27.6. The van der Waals surface area contributed by atoms with Gasteiger partial charge >= 0.3 is 0 Å². The van der Waals surface area contributed by atoms with Crippen LogP contribution in [0.1, 0.15) is 10.4 Å². The highest BCUT2D eigenvalue weighted by molar-refractivity contribution is 7.92. The summed E-state index contributed by atoms with van der Waals surface area (Å²) in [5.74, 6) is -0.333. The third-order valence-electron chi connectivity index (χ3n) is 5.38. The van der Waals surface area contributed by atoms with Crippen molar-refractivity contribution in [1.82, 2.24) is 4.98 Å². The van der Waals surface area contributed by atoms with E-state index in [9.17, 15) is 13.2 Å². The highest BCUT2D eigenvalue weighted by atomic mass is 32.2. The molecule has 4 aromatic carbocycles. The molecule has 178 valence electrons. The average Bonchev–Trinajstić information content (AvgIpc) is 3.34. The molecule has 0 aliphatic heterocycles. The normalized spacial score (nSPS) is 11.1. The number of hydrogen-bond acceptors (Lipinski definition) is 5. The van der Waals surface area contributed by atoms with Crippen LogP contribution in [0, 0.1) is 0 Å². The van der Waals surface area contributed by atoms with Crippen LogP contribution in [0.5, 0.6) is 0 Å². The quantitative estimate of drug-likeness (QED) is 0.260. The van der Waals surface area contributed by atoms with Crippen LogP contribution in [0.15, 0.2) is 120 Å². The largest absolute Gasteiger partial charge is 0.298 e. The Hall–Kier alpha value is -4.27. The topological polar surface area (TPSA) is 88.2 Å². The molecule has 0 fully saturated rings. The summed E-state index contributed by atoms with van der Waals surface area (Å²) in [5.41, 5.74) is 3.53. The predicted octanol–water partition coefficient (Wildman–Crippen LogP) is 6.53. The summed E-state index contributed by atoms with van der Waals surface area (Å²) in [7, 11) is -3.71. The highest BCUT2D eigenvalue weighted by Crippen LogP contribution is 2.39. The Morgan fingerprint density at radius 3 is 1.86 bits per heavy atom. The molecule has 5 aromatic rings. The molecule has 8 heteroatoms. The number of hydrogen-bond donors (Lipinski definition) is 2. The second-order valence-electron chi connectivity index (χ2n) is 7.88. The number of carbonyl (C=O) groups excluding carboxylic acids is 1. The minimum atomic E-state index is -3.71. The molecule has 0 radical (unpaired) electrons. The second kappa shape index (κ2) is 10.2. The summed E-state index contributed by atoms with van der Waals surface area (Å²) in [5, 5.41) is 3.36. The van der Waals surface area contributed by atoms with Crippen LogP contribution in [-0.4, -0.2) is 19.3 Å². The number of thiazole rings is 1. The van der Waals surface area contributed by atoms with Crippen molar-refractivity contribution in [1.29, 1.82) is 0 Å². The first-order valence-corrected chi connectivity index (χ1v) is 13.4. The van der Waals surface area contributed by atoms with Crippen molar-refractivity contribution in [2.45, 2.75) is 4.90 Å². The monoisotopic (exact) mass is 511 g/mol.